The number of anilines is 1. The average molecular weight is 387 g/mol. The number of ether oxygens (including phenoxy) is 1. The summed E-state index contributed by atoms with van der Waals surface area (Å²) < 4.78 is 34.0. The van der Waals surface area contributed by atoms with Crippen molar-refractivity contribution in [3.05, 3.63) is 54.5 Å². The van der Waals surface area contributed by atoms with Crippen LogP contribution >= 0.6 is 0 Å². The smallest absolute Gasteiger partial charge is 0.182 e. The van der Waals surface area contributed by atoms with E-state index in [9.17, 15) is 8.94 Å². The molecule has 0 saturated carbocycles. The van der Waals surface area contributed by atoms with Crippen molar-refractivity contribution in [1.29, 1.82) is 0 Å². The number of piperazine rings is 1. The van der Waals surface area contributed by atoms with E-state index in [1.807, 2.05) is 18.2 Å². The molecule has 2 heterocycles. The van der Waals surface area contributed by atoms with Crippen molar-refractivity contribution in [2.24, 2.45) is 0 Å². The minimum absolute atomic E-state index is 0.340. The predicted octanol–water partition coefficient (Wildman–Crippen LogP) is 3.11. The van der Waals surface area contributed by atoms with Gasteiger partial charge in [0.25, 0.3) is 0 Å². The summed E-state index contributed by atoms with van der Waals surface area (Å²) in [6, 6.07) is 11.9. The molecule has 1 fully saturated rings. The zero-order chi connectivity index (χ0) is 19.0. The first-order chi connectivity index (χ1) is 13.1. The monoisotopic (exact) mass is 387 g/mol. The molecular formula is C20H22FN3O2S. The van der Waals surface area contributed by atoms with Gasteiger partial charge in [-0.05, 0) is 37.4 Å². The Morgan fingerprint density at radius 2 is 1.81 bits per heavy atom. The molecule has 1 unspecified atom stereocenters. The first-order valence-electron chi connectivity index (χ1n) is 8.87. The molecule has 2 aromatic carbocycles. The van der Waals surface area contributed by atoms with E-state index in [0.717, 1.165) is 43.0 Å². The molecular weight excluding hydrogens is 365 g/mol. The number of aromatic nitrogens is 1. The lowest BCUT2D eigenvalue weighted by Crippen LogP contribution is -2.44. The summed E-state index contributed by atoms with van der Waals surface area (Å²) in [6.07, 6.45) is 1.74. The van der Waals surface area contributed by atoms with Crippen molar-refractivity contribution < 1.29 is 13.7 Å². The summed E-state index contributed by atoms with van der Waals surface area (Å²) in [5.41, 5.74) is 1.56. The van der Waals surface area contributed by atoms with Crippen molar-refractivity contribution in [2.75, 3.05) is 45.2 Å². The molecule has 1 aliphatic rings. The van der Waals surface area contributed by atoms with Crippen LogP contribution < -0.4 is 9.64 Å². The molecule has 0 radical (unpaired) electrons. The first kappa shape index (κ1) is 18.2. The summed E-state index contributed by atoms with van der Waals surface area (Å²) in [5, 5.41) is 0.859. The Morgan fingerprint density at radius 3 is 2.56 bits per heavy atom. The molecule has 0 spiro atoms. The third-order valence-corrected chi connectivity index (χ3v) is 6.33. The normalized spacial score (nSPS) is 16.7. The standard InChI is InChI=1S/C20H22FN3O2S/c1-22-9-11-23(12-10-22)19-14-17(5-6-20(19)26-2)27(25)24-8-7-15-3-4-16(21)13-18(15)24/h3-8,13-14H,9-12H2,1-2H3. The zero-order valence-corrected chi connectivity index (χ0v) is 16.2. The number of halogens is 1. The first-order valence-corrected chi connectivity index (χ1v) is 9.98. The van der Waals surface area contributed by atoms with Gasteiger partial charge in [0.2, 0.25) is 0 Å². The van der Waals surface area contributed by atoms with Crippen molar-refractivity contribution in [3.63, 3.8) is 0 Å². The second-order valence-corrected chi connectivity index (χ2v) is 8.08. The maximum Gasteiger partial charge on any atom is 0.182 e. The fourth-order valence-corrected chi connectivity index (χ4v) is 4.54. The lowest BCUT2D eigenvalue weighted by atomic mass is 10.2. The highest BCUT2D eigenvalue weighted by Crippen LogP contribution is 2.33. The third-order valence-electron chi connectivity index (χ3n) is 4.99. The molecule has 7 heteroatoms. The van der Waals surface area contributed by atoms with Crippen molar-refractivity contribution in [3.8, 4) is 5.75 Å². The molecule has 1 atom stereocenters. The maximum absolute atomic E-state index is 13.7. The van der Waals surface area contributed by atoms with Gasteiger partial charge in [-0.2, -0.15) is 3.97 Å². The second-order valence-electron chi connectivity index (χ2n) is 6.72. The number of nitrogens with zero attached hydrogens (tertiary/aromatic N) is 3. The highest BCUT2D eigenvalue weighted by Gasteiger charge is 2.23. The van der Waals surface area contributed by atoms with Crippen molar-refractivity contribution in [1.82, 2.24) is 8.87 Å². The summed E-state index contributed by atoms with van der Waals surface area (Å²) in [7, 11) is 3.75. The molecule has 3 aromatic rings. The Kier molecular flexibility index (Phi) is 4.99. The molecule has 4 rings (SSSR count). The predicted molar refractivity (Wildman–Crippen MR) is 106 cm³/mol. The zero-order valence-electron chi connectivity index (χ0n) is 15.4. The van der Waals surface area contributed by atoms with E-state index in [4.69, 9.17) is 4.74 Å². The topological polar surface area (TPSA) is 43.7 Å². The molecule has 27 heavy (non-hydrogen) atoms. The minimum atomic E-state index is -1.47. The van der Waals surface area contributed by atoms with Crippen LogP contribution in [0.2, 0.25) is 0 Å². The molecule has 0 N–H and O–H groups in total. The molecule has 1 aliphatic heterocycles. The highest BCUT2D eigenvalue weighted by molar-refractivity contribution is 7.90. The quantitative estimate of drug-likeness (QED) is 0.646. The van der Waals surface area contributed by atoms with Gasteiger partial charge in [-0.1, -0.05) is 0 Å². The van der Waals surface area contributed by atoms with E-state index < -0.39 is 11.4 Å². The fraction of sp³-hybridized carbons (Fsp3) is 0.300. The van der Waals surface area contributed by atoms with Gasteiger partial charge in [0.1, 0.15) is 28.4 Å². The highest BCUT2D eigenvalue weighted by atomic mass is 32.2. The molecule has 5 nitrogen and oxygen atoms in total. The Morgan fingerprint density at radius 1 is 1.04 bits per heavy atom. The van der Waals surface area contributed by atoms with Crippen LogP contribution in [-0.4, -0.2) is 53.8 Å². The van der Waals surface area contributed by atoms with E-state index in [1.54, 1.807) is 29.4 Å². The lowest BCUT2D eigenvalue weighted by Gasteiger charge is -2.34. The van der Waals surface area contributed by atoms with Gasteiger partial charge in [-0.25, -0.2) is 4.39 Å². The summed E-state index contributed by atoms with van der Waals surface area (Å²) in [6.45, 7) is 3.72. The van der Waals surface area contributed by atoms with Crippen molar-refractivity contribution >= 4 is 28.0 Å². The Labute approximate surface area is 161 Å². The van der Waals surface area contributed by atoms with Crippen LogP contribution in [0, 0.1) is 5.82 Å². The largest absolute Gasteiger partial charge is 0.587 e. The van der Waals surface area contributed by atoms with E-state index in [-0.39, 0.29) is 5.82 Å². The summed E-state index contributed by atoms with van der Waals surface area (Å²) in [4.78, 5) is 5.20. The number of methoxy groups -OCH3 is 1. The number of hydrogen-bond donors (Lipinski definition) is 0. The van der Waals surface area contributed by atoms with Crippen LogP contribution in [0.15, 0.2) is 53.6 Å². The molecule has 1 aromatic heterocycles. The molecule has 0 bridgehead atoms. The maximum atomic E-state index is 13.7. The minimum Gasteiger partial charge on any atom is -0.587 e. The Balaban J connectivity index is 1.70. The molecule has 1 saturated heterocycles. The second kappa shape index (κ2) is 7.42. The number of hydrogen-bond acceptors (Lipinski definition) is 4. The van der Waals surface area contributed by atoms with Crippen LogP contribution in [0.3, 0.4) is 0 Å². The van der Waals surface area contributed by atoms with Gasteiger partial charge < -0.3 is 19.1 Å². The third kappa shape index (κ3) is 3.50. The van der Waals surface area contributed by atoms with Crippen LogP contribution in [-0.2, 0) is 11.4 Å². The van der Waals surface area contributed by atoms with Gasteiger partial charge in [-0.3, -0.25) is 0 Å². The van der Waals surface area contributed by atoms with E-state index in [1.165, 1.54) is 12.1 Å². The van der Waals surface area contributed by atoms with Crippen molar-refractivity contribution in [2.45, 2.75) is 4.90 Å². The van der Waals surface area contributed by atoms with Crippen LogP contribution in [0.25, 0.3) is 10.9 Å². The van der Waals surface area contributed by atoms with Crippen LogP contribution in [0.4, 0.5) is 10.1 Å². The van der Waals surface area contributed by atoms with Gasteiger partial charge in [-0.15, -0.1) is 0 Å². The Hall–Kier alpha value is -2.22. The lowest BCUT2D eigenvalue weighted by molar-refractivity contribution is 0.311. The van der Waals surface area contributed by atoms with Crippen LogP contribution in [0.5, 0.6) is 5.75 Å². The number of likely N-dealkylation sites (N-methyl/N-ethyl adjacent to an activating group) is 1. The number of benzene rings is 2. The van der Waals surface area contributed by atoms with Gasteiger partial charge in [0.15, 0.2) is 4.90 Å². The van der Waals surface area contributed by atoms with Crippen LogP contribution in [0.1, 0.15) is 0 Å². The van der Waals surface area contributed by atoms with E-state index in [2.05, 4.69) is 16.8 Å². The molecule has 0 amide bonds. The number of fused-ring (bicyclic) bond motifs is 1. The SMILES string of the molecule is COc1ccc([S+]([O-])n2ccc3ccc(F)cc32)cc1N1CCN(C)CC1. The molecule has 0 aliphatic carbocycles. The van der Waals surface area contributed by atoms with Gasteiger partial charge >= 0.3 is 0 Å². The summed E-state index contributed by atoms with van der Waals surface area (Å²) >= 11 is -1.47. The molecule has 142 valence electrons. The Bertz CT molecular complexity index is 954. The number of rotatable bonds is 4. The average Bonchev–Trinajstić information content (AvgIpc) is 3.10. The van der Waals surface area contributed by atoms with Gasteiger partial charge in [0.05, 0.1) is 19.0 Å². The van der Waals surface area contributed by atoms with E-state index in [0.29, 0.717) is 10.4 Å². The van der Waals surface area contributed by atoms with Gasteiger partial charge in [0, 0.05) is 43.7 Å². The van der Waals surface area contributed by atoms with E-state index >= 15 is 0 Å². The summed E-state index contributed by atoms with van der Waals surface area (Å²) in [5.74, 6) is 0.427. The fourth-order valence-electron chi connectivity index (χ4n) is 3.41.